The second kappa shape index (κ2) is 7.67. The molecule has 2 rings (SSSR count). The fraction of sp³-hybridized carbons (Fsp3) is 0.312. The van der Waals surface area contributed by atoms with Crippen molar-refractivity contribution in [1.29, 1.82) is 0 Å². The highest BCUT2D eigenvalue weighted by molar-refractivity contribution is 8.00. The van der Waals surface area contributed by atoms with Gasteiger partial charge in [-0.25, -0.2) is 4.99 Å². The van der Waals surface area contributed by atoms with Gasteiger partial charge in [-0.05, 0) is 36.0 Å². The van der Waals surface area contributed by atoms with Crippen molar-refractivity contribution in [1.82, 2.24) is 0 Å². The van der Waals surface area contributed by atoms with E-state index in [1.165, 1.54) is 30.1 Å². The Labute approximate surface area is 146 Å². The Morgan fingerprint density at radius 3 is 2.50 bits per heavy atom. The molecule has 1 aromatic carbocycles. The number of nitrogens with two attached hydrogens (primary N) is 1. The fourth-order valence-electron chi connectivity index (χ4n) is 2.24. The first kappa shape index (κ1) is 19.0. The van der Waals surface area contributed by atoms with Crippen LogP contribution >= 0.6 is 23.5 Å². The monoisotopic (exact) mass is 374 g/mol. The molecule has 0 spiro atoms. The van der Waals surface area contributed by atoms with Crippen molar-refractivity contribution < 1.29 is 18.3 Å². The van der Waals surface area contributed by atoms with E-state index in [0.717, 1.165) is 11.2 Å². The van der Waals surface area contributed by atoms with Crippen molar-refractivity contribution in [2.75, 3.05) is 5.75 Å². The van der Waals surface area contributed by atoms with Crippen LogP contribution in [-0.2, 0) is 0 Å². The second-order valence-electron chi connectivity index (χ2n) is 5.26. The summed E-state index contributed by atoms with van der Waals surface area (Å²) in [7, 11) is 0. The van der Waals surface area contributed by atoms with Gasteiger partial charge in [-0.1, -0.05) is 19.1 Å². The summed E-state index contributed by atoms with van der Waals surface area (Å²) in [5.41, 5.74) is 0.504. The molecule has 1 aliphatic carbocycles. The van der Waals surface area contributed by atoms with Crippen molar-refractivity contribution >= 4 is 29.9 Å². The molecule has 0 bridgehead atoms. The van der Waals surface area contributed by atoms with E-state index >= 15 is 0 Å². The van der Waals surface area contributed by atoms with Crippen molar-refractivity contribution in [3.63, 3.8) is 0 Å². The van der Waals surface area contributed by atoms with E-state index in [1.807, 2.05) is 13.0 Å². The van der Waals surface area contributed by atoms with E-state index in [2.05, 4.69) is 4.99 Å². The Bertz CT molecular complexity index is 656. The predicted molar refractivity (Wildman–Crippen MR) is 93.1 cm³/mol. The van der Waals surface area contributed by atoms with Gasteiger partial charge in [0, 0.05) is 33.2 Å². The number of aliphatic hydroxyl groups is 1. The Morgan fingerprint density at radius 1 is 1.29 bits per heavy atom. The summed E-state index contributed by atoms with van der Waals surface area (Å²) in [5, 5.41) is 10.9. The van der Waals surface area contributed by atoms with Gasteiger partial charge >= 0.3 is 5.51 Å². The van der Waals surface area contributed by atoms with Gasteiger partial charge in [0.1, 0.15) is 5.60 Å². The Morgan fingerprint density at radius 2 is 1.92 bits per heavy atom. The van der Waals surface area contributed by atoms with Gasteiger partial charge in [-0.2, -0.15) is 13.2 Å². The zero-order valence-corrected chi connectivity index (χ0v) is 14.5. The Hall–Kier alpha value is -1.38. The van der Waals surface area contributed by atoms with E-state index < -0.39 is 11.1 Å². The number of halogens is 3. The molecule has 24 heavy (non-hydrogen) atoms. The topological polar surface area (TPSA) is 58.6 Å². The van der Waals surface area contributed by atoms with Gasteiger partial charge in [-0.3, -0.25) is 0 Å². The first-order chi connectivity index (χ1) is 11.2. The number of rotatable bonds is 5. The van der Waals surface area contributed by atoms with Gasteiger partial charge < -0.3 is 10.8 Å². The van der Waals surface area contributed by atoms with Crippen LogP contribution in [0.1, 0.15) is 6.92 Å². The van der Waals surface area contributed by atoms with Crippen LogP contribution in [0.15, 0.2) is 63.0 Å². The molecule has 2 unspecified atom stereocenters. The Balaban J connectivity index is 2.04. The molecule has 0 saturated carbocycles. The summed E-state index contributed by atoms with van der Waals surface area (Å²) in [5.74, 6) is 0.267. The lowest BCUT2D eigenvalue weighted by Gasteiger charge is -2.29. The van der Waals surface area contributed by atoms with E-state index in [-0.39, 0.29) is 22.6 Å². The molecular weight excluding hydrogens is 357 g/mol. The van der Waals surface area contributed by atoms with Crippen LogP contribution in [0, 0.1) is 5.92 Å². The average molecular weight is 374 g/mol. The normalized spacial score (nSPS) is 25.9. The van der Waals surface area contributed by atoms with Crippen LogP contribution in [0.3, 0.4) is 0 Å². The molecule has 8 heteroatoms. The highest BCUT2D eigenvalue weighted by atomic mass is 32.2. The lowest BCUT2D eigenvalue weighted by Crippen LogP contribution is -2.36. The summed E-state index contributed by atoms with van der Waals surface area (Å²) in [6.45, 7) is 1.90. The number of aliphatic imine (C=N–C) groups is 1. The Kier molecular flexibility index (Phi) is 6.06. The molecule has 3 N–H and O–H groups in total. The third-order valence-electron chi connectivity index (χ3n) is 3.63. The number of hydrogen-bond acceptors (Lipinski definition) is 4. The highest BCUT2D eigenvalue weighted by Gasteiger charge is 2.39. The zero-order chi connectivity index (χ0) is 17.8. The molecule has 1 aliphatic rings. The van der Waals surface area contributed by atoms with E-state index in [0.29, 0.717) is 11.3 Å². The minimum Gasteiger partial charge on any atom is -0.390 e. The molecule has 0 aromatic heterocycles. The minimum atomic E-state index is -4.29. The SMILES string of the molecule is CC1C=C/C(=C\N=C/N)C1(O)CSc1ccc(SC(F)(F)F)cc1. The summed E-state index contributed by atoms with van der Waals surface area (Å²) >= 11 is 1.24. The van der Waals surface area contributed by atoms with Crippen molar-refractivity contribution in [3.8, 4) is 0 Å². The number of nitrogens with zero attached hydrogens (tertiary/aromatic N) is 1. The molecule has 0 aliphatic heterocycles. The molecule has 0 saturated heterocycles. The first-order valence-corrected chi connectivity index (χ1v) is 8.88. The quantitative estimate of drug-likeness (QED) is 0.461. The standard InChI is InChI=1S/C16H17F3N2OS2/c1-11-2-3-12(8-21-10-20)15(11,22)9-23-13-4-6-14(7-5-13)24-16(17,18)19/h2-8,10-11,22H,9H2,1H3,(H2,20,21)/b12-8+. The molecule has 2 atom stereocenters. The zero-order valence-electron chi connectivity index (χ0n) is 12.8. The molecule has 0 radical (unpaired) electrons. The fourth-order valence-corrected chi connectivity index (χ4v) is 3.92. The van der Waals surface area contributed by atoms with Crippen LogP contribution < -0.4 is 5.73 Å². The molecule has 130 valence electrons. The maximum absolute atomic E-state index is 12.3. The van der Waals surface area contributed by atoms with Crippen LogP contribution in [0.25, 0.3) is 0 Å². The van der Waals surface area contributed by atoms with Crippen LogP contribution in [0.2, 0.25) is 0 Å². The molecule has 1 aromatic rings. The van der Waals surface area contributed by atoms with Crippen LogP contribution in [-0.4, -0.2) is 28.3 Å². The van der Waals surface area contributed by atoms with Gasteiger partial charge in [0.15, 0.2) is 0 Å². The number of thioether (sulfide) groups is 2. The third kappa shape index (κ3) is 4.81. The molecule has 0 heterocycles. The summed E-state index contributed by atoms with van der Waals surface area (Å²) in [6.07, 6.45) is 6.36. The van der Waals surface area contributed by atoms with Crippen molar-refractivity contribution in [2.24, 2.45) is 16.6 Å². The molecule has 3 nitrogen and oxygen atoms in total. The van der Waals surface area contributed by atoms with E-state index in [9.17, 15) is 18.3 Å². The lowest BCUT2D eigenvalue weighted by molar-refractivity contribution is -0.0328. The maximum atomic E-state index is 12.3. The van der Waals surface area contributed by atoms with Gasteiger partial charge in [0.25, 0.3) is 0 Å². The van der Waals surface area contributed by atoms with Crippen LogP contribution in [0.5, 0.6) is 0 Å². The molecular formula is C16H17F3N2OS2. The van der Waals surface area contributed by atoms with Gasteiger partial charge in [-0.15, -0.1) is 11.8 Å². The summed E-state index contributed by atoms with van der Waals surface area (Å²) in [4.78, 5) is 4.77. The van der Waals surface area contributed by atoms with Gasteiger partial charge in [0.2, 0.25) is 0 Å². The minimum absolute atomic E-state index is 0.0933. The smallest absolute Gasteiger partial charge is 0.390 e. The van der Waals surface area contributed by atoms with Crippen LogP contribution in [0.4, 0.5) is 13.2 Å². The average Bonchev–Trinajstić information content (AvgIpc) is 2.79. The number of alkyl halides is 3. The van der Waals surface area contributed by atoms with Crippen molar-refractivity contribution in [2.45, 2.75) is 27.8 Å². The summed E-state index contributed by atoms with van der Waals surface area (Å²) in [6, 6.07) is 6.10. The lowest BCUT2D eigenvalue weighted by atomic mass is 9.90. The first-order valence-electron chi connectivity index (χ1n) is 7.08. The number of benzene rings is 1. The number of hydrogen-bond donors (Lipinski definition) is 2. The largest absolute Gasteiger partial charge is 0.446 e. The maximum Gasteiger partial charge on any atom is 0.446 e. The molecule has 0 amide bonds. The second-order valence-corrected chi connectivity index (χ2v) is 7.45. The van der Waals surface area contributed by atoms with E-state index in [1.54, 1.807) is 18.2 Å². The van der Waals surface area contributed by atoms with Crippen molar-refractivity contribution in [3.05, 3.63) is 48.2 Å². The predicted octanol–water partition coefficient (Wildman–Crippen LogP) is 4.20. The van der Waals surface area contributed by atoms with E-state index in [4.69, 9.17) is 5.73 Å². The molecule has 0 fully saturated rings. The third-order valence-corrected chi connectivity index (χ3v) is 5.56. The highest BCUT2D eigenvalue weighted by Crippen LogP contribution is 2.40. The van der Waals surface area contributed by atoms with Gasteiger partial charge in [0.05, 0.1) is 6.34 Å². The summed E-state index contributed by atoms with van der Waals surface area (Å²) < 4.78 is 37.0.